The summed E-state index contributed by atoms with van der Waals surface area (Å²) in [5, 5.41) is 0. The van der Waals surface area contributed by atoms with E-state index in [1.54, 1.807) is 26.8 Å². The zero-order valence-corrected chi connectivity index (χ0v) is 22.2. The minimum Gasteiger partial charge on any atom is -0.459 e. The summed E-state index contributed by atoms with van der Waals surface area (Å²) in [6, 6.07) is 0. The zero-order chi connectivity index (χ0) is 27.6. The molecule has 0 radical (unpaired) electrons. The van der Waals surface area contributed by atoms with E-state index in [0.29, 0.717) is 24.8 Å². The predicted molar refractivity (Wildman–Crippen MR) is 129 cm³/mol. The molecular formula is C28H35FO8. The lowest BCUT2D eigenvalue weighted by Crippen LogP contribution is -2.70. The van der Waals surface area contributed by atoms with Gasteiger partial charge in [0.2, 0.25) is 5.78 Å². The molecule has 202 valence electrons. The lowest BCUT2D eigenvalue weighted by molar-refractivity contribution is -0.235. The van der Waals surface area contributed by atoms with E-state index in [9.17, 15) is 24.0 Å². The van der Waals surface area contributed by atoms with Gasteiger partial charge in [0.25, 0.3) is 0 Å². The van der Waals surface area contributed by atoms with Crippen molar-refractivity contribution in [1.29, 1.82) is 0 Å². The zero-order valence-electron chi connectivity index (χ0n) is 22.2. The first-order valence-electron chi connectivity index (χ1n) is 12.8. The van der Waals surface area contributed by atoms with E-state index in [1.807, 2.05) is 0 Å². The molecule has 4 aliphatic rings. The standard InChI is InChI=1S/C28H35FO8/c1-15-11-22-21-8-7-19-12-20(33)9-10-25(19,5)27(21,29)24(36-17(3)31)13-26(22,6)28(15,37-18(4)32)23(34)14-35-16(2)30/h9-10,12,15,21-22,24H,7-8,11,13-14H2,1-6H3/t15-,21+,22-,24+,25+,26+,27+,28+/m1/s1. The van der Waals surface area contributed by atoms with E-state index in [-0.39, 0.29) is 12.2 Å². The summed E-state index contributed by atoms with van der Waals surface area (Å²) in [5.41, 5.74) is -5.41. The Labute approximate surface area is 216 Å². The van der Waals surface area contributed by atoms with Gasteiger partial charge in [-0.25, -0.2) is 4.39 Å². The Hall–Kier alpha value is -2.84. The maximum Gasteiger partial charge on any atom is 0.303 e. The van der Waals surface area contributed by atoms with Crippen LogP contribution in [0.25, 0.3) is 0 Å². The molecule has 3 fully saturated rings. The van der Waals surface area contributed by atoms with Crippen LogP contribution in [0.5, 0.6) is 0 Å². The molecule has 0 aromatic rings. The Morgan fingerprint density at radius 3 is 2.32 bits per heavy atom. The van der Waals surface area contributed by atoms with Gasteiger partial charge in [-0.05, 0) is 50.7 Å². The van der Waals surface area contributed by atoms with Crippen LogP contribution in [0, 0.1) is 28.6 Å². The molecule has 0 bridgehead atoms. The molecule has 0 saturated heterocycles. The van der Waals surface area contributed by atoms with Crippen molar-refractivity contribution in [2.75, 3.05) is 6.61 Å². The van der Waals surface area contributed by atoms with Crippen LogP contribution in [0.4, 0.5) is 4.39 Å². The van der Waals surface area contributed by atoms with E-state index in [4.69, 9.17) is 14.2 Å². The average Bonchev–Trinajstić information content (AvgIpc) is 3.00. The summed E-state index contributed by atoms with van der Waals surface area (Å²) in [6.45, 7) is 8.31. The number of ketones is 2. The van der Waals surface area contributed by atoms with Crippen LogP contribution in [0.15, 0.2) is 23.8 Å². The van der Waals surface area contributed by atoms with Gasteiger partial charge < -0.3 is 14.2 Å². The Bertz CT molecular complexity index is 1130. The fourth-order valence-electron chi connectivity index (χ4n) is 8.19. The molecule has 0 unspecified atom stereocenters. The molecule has 0 amide bonds. The maximum absolute atomic E-state index is 17.9. The maximum atomic E-state index is 17.9. The Morgan fingerprint density at radius 1 is 1.05 bits per heavy atom. The van der Waals surface area contributed by atoms with Crippen LogP contribution in [-0.4, -0.2) is 53.5 Å². The normalized spacial score (nSPS) is 42.0. The monoisotopic (exact) mass is 518 g/mol. The van der Waals surface area contributed by atoms with Gasteiger partial charge in [-0.1, -0.05) is 25.5 Å². The van der Waals surface area contributed by atoms with Crippen LogP contribution in [0.3, 0.4) is 0 Å². The number of alkyl halides is 1. The van der Waals surface area contributed by atoms with Gasteiger partial charge in [0.05, 0.1) is 0 Å². The topological polar surface area (TPSA) is 113 Å². The van der Waals surface area contributed by atoms with Gasteiger partial charge in [-0.2, -0.15) is 0 Å². The number of halogens is 1. The number of carbonyl (C=O) groups excluding carboxylic acids is 5. The van der Waals surface area contributed by atoms with E-state index in [2.05, 4.69) is 0 Å². The summed E-state index contributed by atoms with van der Waals surface area (Å²) in [5.74, 6) is -4.37. The van der Waals surface area contributed by atoms with E-state index < -0.39 is 76.3 Å². The van der Waals surface area contributed by atoms with Gasteiger partial charge in [0.15, 0.2) is 23.7 Å². The second kappa shape index (κ2) is 8.88. The van der Waals surface area contributed by atoms with Crippen molar-refractivity contribution >= 4 is 29.5 Å². The summed E-state index contributed by atoms with van der Waals surface area (Å²) in [4.78, 5) is 62.1. The third kappa shape index (κ3) is 3.71. The molecule has 8 nitrogen and oxygen atoms in total. The Balaban J connectivity index is 1.89. The van der Waals surface area contributed by atoms with Crippen LogP contribution >= 0.6 is 0 Å². The lowest BCUT2D eigenvalue weighted by atomic mass is 9.44. The largest absolute Gasteiger partial charge is 0.459 e. The molecule has 4 rings (SSSR count). The number of ether oxygens (including phenoxy) is 3. The molecule has 8 atom stereocenters. The molecule has 0 aromatic heterocycles. The molecule has 4 aliphatic carbocycles. The van der Waals surface area contributed by atoms with Gasteiger partial charge in [0.1, 0.15) is 6.10 Å². The average molecular weight is 519 g/mol. The number of esters is 3. The smallest absolute Gasteiger partial charge is 0.303 e. The van der Waals surface area contributed by atoms with Crippen molar-refractivity contribution in [3.05, 3.63) is 23.8 Å². The highest BCUT2D eigenvalue weighted by atomic mass is 19.1. The van der Waals surface area contributed by atoms with E-state index in [0.717, 1.165) is 0 Å². The second-order valence-electron chi connectivity index (χ2n) is 11.5. The highest BCUT2D eigenvalue weighted by molar-refractivity contribution is 6.01. The quantitative estimate of drug-likeness (QED) is 0.401. The number of rotatable bonds is 5. The fourth-order valence-corrected chi connectivity index (χ4v) is 8.19. The summed E-state index contributed by atoms with van der Waals surface area (Å²) in [6.07, 6.45) is 4.28. The van der Waals surface area contributed by atoms with Crippen molar-refractivity contribution in [3.8, 4) is 0 Å². The Kier molecular flexibility index (Phi) is 6.53. The molecule has 0 heterocycles. The number of hydrogen-bond acceptors (Lipinski definition) is 8. The molecule has 37 heavy (non-hydrogen) atoms. The van der Waals surface area contributed by atoms with Crippen LogP contribution in [-0.2, 0) is 38.2 Å². The van der Waals surface area contributed by atoms with Gasteiger partial charge >= 0.3 is 17.9 Å². The molecule has 0 spiro atoms. The highest BCUT2D eigenvalue weighted by Gasteiger charge is 2.78. The fraction of sp³-hybridized carbons (Fsp3) is 0.679. The van der Waals surface area contributed by atoms with Crippen molar-refractivity contribution < 1.29 is 42.6 Å². The first-order chi connectivity index (χ1) is 17.1. The van der Waals surface area contributed by atoms with E-state index in [1.165, 1.54) is 32.9 Å². The molecule has 3 saturated carbocycles. The van der Waals surface area contributed by atoms with Crippen LogP contribution < -0.4 is 0 Å². The number of fused-ring (bicyclic) bond motifs is 5. The Morgan fingerprint density at radius 2 is 1.73 bits per heavy atom. The van der Waals surface area contributed by atoms with Gasteiger partial charge in [0, 0.05) is 43.4 Å². The van der Waals surface area contributed by atoms with Gasteiger partial charge in [-0.15, -0.1) is 0 Å². The molecule has 0 aliphatic heterocycles. The van der Waals surface area contributed by atoms with Crippen LogP contribution in [0.2, 0.25) is 0 Å². The lowest BCUT2D eigenvalue weighted by Gasteiger charge is -2.63. The third-order valence-corrected chi connectivity index (χ3v) is 9.59. The van der Waals surface area contributed by atoms with E-state index >= 15 is 4.39 Å². The number of allylic oxidation sites excluding steroid dienone is 4. The molecule has 9 heteroatoms. The first kappa shape index (κ1) is 27.2. The summed E-state index contributed by atoms with van der Waals surface area (Å²) >= 11 is 0. The van der Waals surface area contributed by atoms with Gasteiger partial charge in [-0.3, -0.25) is 24.0 Å². The number of Topliss-reactive ketones (excluding diaryl/α,β-unsaturated/α-hetero) is 1. The van der Waals surface area contributed by atoms with Crippen molar-refractivity contribution in [3.63, 3.8) is 0 Å². The summed E-state index contributed by atoms with van der Waals surface area (Å²) < 4.78 is 34.4. The SMILES string of the molecule is CC(=O)OCC(=O)[C@@]1(OC(C)=O)[C@H](C)C[C@@H]2[C@@H]3CCC4=CC(=O)C=C[C@]4(C)[C@@]3(F)[C@@H](OC(C)=O)C[C@@]21C. The van der Waals surface area contributed by atoms with Crippen molar-refractivity contribution in [1.82, 2.24) is 0 Å². The molecule has 0 N–H and O–H groups in total. The molecule has 0 aromatic carbocycles. The molecular weight excluding hydrogens is 483 g/mol. The summed E-state index contributed by atoms with van der Waals surface area (Å²) in [7, 11) is 0. The highest BCUT2D eigenvalue weighted by Crippen LogP contribution is 2.71. The van der Waals surface area contributed by atoms with Crippen molar-refractivity contribution in [2.45, 2.75) is 84.6 Å². The number of hydrogen-bond donors (Lipinski definition) is 0. The predicted octanol–water partition coefficient (Wildman–Crippen LogP) is 3.61. The van der Waals surface area contributed by atoms with Crippen LogP contribution in [0.1, 0.15) is 67.2 Å². The van der Waals surface area contributed by atoms with Crippen molar-refractivity contribution in [2.24, 2.45) is 28.6 Å². The minimum atomic E-state index is -2.06. The third-order valence-electron chi connectivity index (χ3n) is 9.59. The minimum absolute atomic E-state index is 0.0850. The first-order valence-corrected chi connectivity index (χ1v) is 12.8. The number of carbonyl (C=O) groups is 5. The second-order valence-corrected chi connectivity index (χ2v) is 11.5.